The third-order valence-corrected chi connectivity index (χ3v) is 1.42. The molecule has 0 aliphatic rings. The van der Waals surface area contributed by atoms with Crippen molar-refractivity contribution in [2.45, 2.75) is 0 Å². The quantitative estimate of drug-likeness (QED) is 0.369. The van der Waals surface area contributed by atoms with E-state index in [0.29, 0.717) is 5.82 Å². The van der Waals surface area contributed by atoms with Gasteiger partial charge in [-0.1, -0.05) is 0 Å². The van der Waals surface area contributed by atoms with Gasteiger partial charge in [0.25, 0.3) is 0 Å². The van der Waals surface area contributed by atoms with Crippen LogP contribution in [-0.4, -0.2) is 39.1 Å². The second kappa shape index (κ2) is 5.04. The Morgan fingerprint density at radius 1 is 1.54 bits per heavy atom. The van der Waals surface area contributed by atoms with Gasteiger partial charge in [0.15, 0.2) is 5.57 Å². The van der Waals surface area contributed by atoms with Crippen LogP contribution < -0.4 is 5.32 Å². The van der Waals surface area contributed by atoms with E-state index in [-0.39, 0.29) is 5.57 Å². The van der Waals surface area contributed by atoms with Crippen molar-refractivity contribution in [3.8, 4) is 6.07 Å². The molecule has 0 aliphatic carbocycles. The minimum atomic E-state index is -0.638. The van der Waals surface area contributed by atoms with Gasteiger partial charge in [0.05, 0.1) is 7.11 Å². The third kappa shape index (κ3) is 2.67. The van der Waals surface area contributed by atoms with Gasteiger partial charge < -0.3 is 15.0 Å². The Morgan fingerprint density at radius 3 is 2.31 bits per heavy atom. The second-order valence-electron chi connectivity index (χ2n) is 2.47. The van der Waals surface area contributed by atoms with E-state index < -0.39 is 5.97 Å². The zero-order chi connectivity index (χ0) is 10.4. The maximum atomic E-state index is 11.1. The Kier molecular flexibility index (Phi) is 4.38. The molecule has 0 radical (unpaired) electrons. The lowest BCUT2D eigenvalue weighted by Gasteiger charge is -2.17. The highest BCUT2D eigenvalue weighted by Crippen LogP contribution is 2.04. The molecule has 0 unspecified atom stereocenters. The number of nitrogens with one attached hydrogen (secondary N) is 1. The van der Waals surface area contributed by atoms with Gasteiger partial charge in [-0.25, -0.2) is 4.79 Å². The fourth-order valence-corrected chi connectivity index (χ4v) is 0.870. The molecule has 0 spiro atoms. The van der Waals surface area contributed by atoms with Crippen molar-refractivity contribution in [1.29, 1.82) is 5.26 Å². The molecule has 13 heavy (non-hydrogen) atoms. The summed E-state index contributed by atoms with van der Waals surface area (Å²) in [5.41, 5.74) is -0.0324. The summed E-state index contributed by atoms with van der Waals surface area (Å²) in [5.74, 6) is -0.199. The molecule has 0 heterocycles. The first kappa shape index (κ1) is 11.3. The van der Waals surface area contributed by atoms with Gasteiger partial charge in [-0.15, -0.1) is 0 Å². The van der Waals surface area contributed by atoms with Crippen LogP contribution in [0.2, 0.25) is 0 Å². The first-order valence-electron chi connectivity index (χ1n) is 3.66. The highest BCUT2D eigenvalue weighted by atomic mass is 16.5. The van der Waals surface area contributed by atoms with Gasteiger partial charge >= 0.3 is 5.97 Å². The molecule has 5 heteroatoms. The standard InChI is InChI=1S/C8H13N3O2/c1-10-7(11(2)3)6(5-9)8(12)13-4/h10H,1-4H3/b7-6-. The van der Waals surface area contributed by atoms with Crippen molar-refractivity contribution in [1.82, 2.24) is 10.2 Å². The van der Waals surface area contributed by atoms with Gasteiger partial charge in [0.1, 0.15) is 11.9 Å². The van der Waals surface area contributed by atoms with E-state index in [4.69, 9.17) is 5.26 Å². The first-order chi connectivity index (χ1) is 6.08. The smallest absolute Gasteiger partial charge is 0.352 e. The number of methoxy groups -OCH3 is 1. The zero-order valence-electron chi connectivity index (χ0n) is 8.21. The monoisotopic (exact) mass is 183 g/mol. The topological polar surface area (TPSA) is 65.4 Å². The first-order valence-corrected chi connectivity index (χ1v) is 3.66. The van der Waals surface area contributed by atoms with Crippen molar-refractivity contribution >= 4 is 5.97 Å². The minimum Gasteiger partial charge on any atom is -0.465 e. The number of nitrogens with zero attached hydrogens (tertiary/aromatic N) is 2. The van der Waals surface area contributed by atoms with Crippen LogP contribution in [0.4, 0.5) is 0 Å². The van der Waals surface area contributed by atoms with E-state index in [0.717, 1.165) is 0 Å². The van der Waals surface area contributed by atoms with Crippen LogP contribution in [0.25, 0.3) is 0 Å². The molecular formula is C8H13N3O2. The predicted octanol–water partition coefficient (Wildman–Crippen LogP) is -0.324. The lowest BCUT2D eigenvalue weighted by Crippen LogP contribution is -2.26. The zero-order valence-corrected chi connectivity index (χ0v) is 8.21. The van der Waals surface area contributed by atoms with Crippen LogP contribution in [0.1, 0.15) is 0 Å². The molecule has 0 amide bonds. The average Bonchev–Trinajstić information content (AvgIpc) is 2.12. The van der Waals surface area contributed by atoms with Crippen molar-refractivity contribution in [2.24, 2.45) is 0 Å². The third-order valence-electron chi connectivity index (χ3n) is 1.42. The number of hydrogen-bond donors (Lipinski definition) is 1. The van der Waals surface area contributed by atoms with Gasteiger partial charge in [0, 0.05) is 21.1 Å². The van der Waals surface area contributed by atoms with Crippen LogP contribution in [-0.2, 0) is 9.53 Å². The number of ether oxygens (including phenoxy) is 1. The van der Waals surface area contributed by atoms with Crippen LogP contribution >= 0.6 is 0 Å². The molecule has 0 saturated carbocycles. The van der Waals surface area contributed by atoms with Crippen molar-refractivity contribution in [3.05, 3.63) is 11.4 Å². The number of rotatable bonds is 3. The fourth-order valence-electron chi connectivity index (χ4n) is 0.870. The highest BCUT2D eigenvalue weighted by molar-refractivity contribution is 5.93. The Morgan fingerprint density at radius 2 is 2.08 bits per heavy atom. The largest absolute Gasteiger partial charge is 0.465 e. The maximum Gasteiger partial charge on any atom is 0.352 e. The molecule has 0 fully saturated rings. The Labute approximate surface area is 77.6 Å². The van der Waals surface area contributed by atoms with Crippen molar-refractivity contribution < 1.29 is 9.53 Å². The van der Waals surface area contributed by atoms with Gasteiger partial charge in [-0.2, -0.15) is 5.26 Å². The van der Waals surface area contributed by atoms with Gasteiger partial charge in [-0.3, -0.25) is 0 Å². The fraction of sp³-hybridized carbons (Fsp3) is 0.500. The molecule has 0 aromatic carbocycles. The maximum absolute atomic E-state index is 11.1. The number of nitriles is 1. The van der Waals surface area contributed by atoms with E-state index in [1.807, 2.05) is 0 Å². The summed E-state index contributed by atoms with van der Waals surface area (Å²) in [4.78, 5) is 12.7. The number of hydrogen-bond acceptors (Lipinski definition) is 5. The van der Waals surface area contributed by atoms with Gasteiger partial charge in [-0.05, 0) is 0 Å². The SMILES string of the molecule is CN/C(=C(\C#N)C(=O)OC)N(C)C. The summed E-state index contributed by atoms with van der Waals surface area (Å²) >= 11 is 0. The Hall–Kier alpha value is -1.70. The number of carbonyl (C=O) groups is 1. The Bertz CT molecular complexity index is 263. The van der Waals surface area contributed by atoms with Crippen LogP contribution in [0.15, 0.2) is 11.4 Å². The van der Waals surface area contributed by atoms with E-state index >= 15 is 0 Å². The lowest BCUT2D eigenvalue weighted by molar-refractivity contribution is -0.135. The van der Waals surface area contributed by atoms with E-state index in [9.17, 15) is 4.79 Å². The summed E-state index contributed by atoms with van der Waals surface area (Å²) in [5, 5.41) is 11.5. The van der Waals surface area contributed by atoms with E-state index in [1.165, 1.54) is 7.11 Å². The normalized spacial score (nSPS) is 11.0. The van der Waals surface area contributed by atoms with Crippen molar-refractivity contribution in [2.75, 3.05) is 28.3 Å². The van der Waals surface area contributed by atoms with E-state index in [1.54, 1.807) is 32.1 Å². The second-order valence-corrected chi connectivity index (χ2v) is 2.47. The molecule has 0 saturated heterocycles. The summed E-state index contributed by atoms with van der Waals surface area (Å²) < 4.78 is 4.45. The summed E-state index contributed by atoms with van der Waals surface area (Å²) in [6.07, 6.45) is 0. The predicted molar refractivity (Wildman–Crippen MR) is 47.4 cm³/mol. The van der Waals surface area contributed by atoms with Crippen LogP contribution in [0.3, 0.4) is 0 Å². The molecule has 0 rings (SSSR count). The molecule has 0 atom stereocenters. The van der Waals surface area contributed by atoms with Gasteiger partial charge in [0.2, 0.25) is 0 Å². The molecule has 72 valence electrons. The number of carbonyl (C=O) groups excluding carboxylic acids is 1. The van der Waals surface area contributed by atoms with Crippen LogP contribution in [0.5, 0.6) is 0 Å². The van der Waals surface area contributed by atoms with Crippen LogP contribution in [0, 0.1) is 11.3 Å². The number of esters is 1. The summed E-state index contributed by atoms with van der Waals surface area (Å²) in [7, 11) is 6.33. The minimum absolute atomic E-state index is 0.0324. The lowest BCUT2D eigenvalue weighted by atomic mass is 10.3. The summed E-state index contributed by atoms with van der Waals surface area (Å²) in [6.45, 7) is 0. The van der Waals surface area contributed by atoms with E-state index in [2.05, 4.69) is 10.1 Å². The Balaban J connectivity index is 5.09. The molecule has 5 nitrogen and oxygen atoms in total. The summed E-state index contributed by atoms with van der Waals surface area (Å²) in [6, 6.07) is 1.79. The molecule has 0 aromatic heterocycles. The average molecular weight is 183 g/mol. The highest BCUT2D eigenvalue weighted by Gasteiger charge is 2.16. The molecule has 1 N–H and O–H groups in total. The molecule has 0 bridgehead atoms. The van der Waals surface area contributed by atoms with Crippen molar-refractivity contribution in [3.63, 3.8) is 0 Å². The molecule has 0 aromatic rings. The molecule has 0 aliphatic heterocycles. The molecular weight excluding hydrogens is 170 g/mol.